The van der Waals surface area contributed by atoms with Gasteiger partial charge in [-0.05, 0) is 44.8 Å². The summed E-state index contributed by atoms with van der Waals surface area (Å²) in [6, 6.07) is 4.00. The van der Waals surface area contributed by atoms with Gasteiger partial charge in [-0.15, -0.1) is 0 Å². The maximum atomic E-state index is 13.8. The molecule has 0 radical (unpaired) electrons. The van der Waals surface area contributed by atoms with Gasteiger partial charge in [0, 0.05) is 19.1 Å². The summed E-state index contributed by atoms with van der Waals surface area (Å²) in [7, 11) is -0.131. The van der Waals surface area contributed by atoms with Crippen LogP contribution in [0.15, 0.2) is 23.1 Å². The summed E-state index contributed by atoms with van der Waals surface area (Å²) < 4.78 is 41.0. The fourth-order valence-electron chi connectivity index (χ4n) is 2.38. The van der Waals surface area contributed by atoms with E-state index in [1.807, 2.05) is 11.9 Å². The molecule has 0 bridgehead atoms. The van der Waals surface area contributed by atoms with Crippen LogP contribution in [0.3, 0.4) is 0 Å². The smallest absolute Gasteiger partial charge is 0.243 e. The Kier molecular flexibility index (Phi) is 4.74. The van der Waals surface area contributed by atoms with E-state index in [0.717, 1.165) is 18.5 Å². The van der Waals surface area contributed by atoms with E-state index in [-0.39, 0.29) is 10.9 Å². The number of hydrogen-bond donors (Lipinski definition) is 2. The van der Waals surface area contributed by atoms with Crippen LogP contribution in [0.2, 0.25) is 0 Å². The Labute approximate surface area is 119 Å². The van der Waals surface area contributed by atoms with E-state index in [2.05, 4.69) is 10.0 Å². The van der Waals surface area contributed by atoms with E-state index in [1.54, 1.807) is 13.1 Å². The highest BCUT2D eigenvalue weighted by Crippen LogP contribution is 2.18. The monoisotopic (exact) mass is 301 g/mol. The maximum Gasteiger partial charge on any atom is 0.243 e. The first-order chi connectivity index (χ1) is 9.42. The molecule has 2 rings (SSSR count). The molecule has 1 aromatic carbocycles. The van der Waals surface area contributed by atoms with Crippen molar-refractivity contribution < 1.29 is 12.8 Å². The zero-order valence-electron chi connectivity index (χ0n) is 11.7. The second-order valence-corrected chi connectivity index (χ2v) is 6.85. The molecule has 5 nitrogen and oxygen atoms in total. The van der Waals surface area contributed by atoms with Crippen molar-refractivity contribution in [2.75, 3.05) is 27.2 Å². The zero-order chi connectivity index (χ0) is 14.8. The van der Waals surface area contributed by atoms with Crippen LogP contribution in [-0.4, -0.2) is 46.5 Å². The summed E-state index contributed by atoms with van der Waals surface area (Å²) in [5.41, 5.74) is 0.734. The van der Waals surface area contributed by atoms with Crippen molar-refractivity contribution in [3.8, 4) is 0 Å². The molecule has 1 heterocycles. The molecule has 1 aliphatic rings. The van der Waals surface area contributed by atoms with Gasteiger partial charge in [0.25, 0.3) is 0 Å². The van der Waals surface area contributed by atoms with Crippen molar-refractivity contribution in [2.45, 2.75) is 23.9 Å². The van der Waals surface area contributed by atoms with Crippen molar-refractivity contribution in [1.82, 2.24) is 14.9 Å². The van der Waals surface area contributed by atoms with Gasteiger partial charge in [0.15, 0.2) is 0 Å². The highest BCUT2D eigenvalue weighted by atomic mass is 32.2. The Morgan fingerprint density at radius 3 is 2.80 bits per heavy atom. The quantitative estimate of drug-likeness (QED) is 0.833. The Balaban J connectivity index is 2.22. The van der Waals surface area contributed by atoms with Crippen LogP contribution >= 0.6 is 0 Å². The Bertz CT molecular complexity index is 577. The summed E-state index contributed by atoms with van der Waals surface area (Å²) >= 11 is 0. The average molecular weight is 301 g/mol. The molecular formula is C13H20FN3O2S. The van der Waals surface area contributed by atoms with E-state index in [1.165, 1.54) is 12.1 Å². The minimum Gasteiger partial charge on any atom is -0.316 e. The largest absolute Gasteiger partial charge is 0.316 e. The van der Waals surface area contributed by atoms with E-state index >= 15 is 0 Å². The van der Waals surface area contributed by atoms with E-state index in [0.29, 0.717) is 13.1 Å². The lowest BCUT2D eigenvalue weighted by molar-refractivity contribution is 0.407. The number of likely N-dealkylation sites (N-methyl/N-ethyl adjacent to an activating group) is 1. The van der Waals surface area contributed by atoms with Gasteiger partial charge in [-0.1, -0.05) is 6.07 Å². The van der Waals surface area contributed by atoms with Crippen LogP contribution in [0, 0.1) is 5.82 Å². The first-order valence-corrected chi connectivity index (χ1v) is 8.04. The molecule has 0 saturated carbocycles. The first-order valence-electron chi connectivity index (χ1n) is 6.56. The molecule has 1 atom stereocenters. The molecule has 1 saturated heterocycles. The summed E-state index contributed by atoms with van der Waals surface area (Å²) in [4.78, 5) is 1.76. The minimum atomic E-state index is -3.82. The lowest BCUT2D eigenvalue weighted by atomic mass is 10.2. The molecule has 7 heteroatoms. The van der Waals surface area contributed by atoms with Gasteiger partial charge < -0.3 is 10.2 Å². The predicted molar refractivity (Wildman–Crippen MR) is 75.4 cm³/mol. The predicted octanol–water partition coefficient (Wildman–Crippen LogP) is 0.528. The highest BCUT2D eigenvalue weighted by molar-refractivity contribution is 7.89. The van der Waals surface area contributed by atoms with Gasteiger partial charge in [-0.2, -0.15) is 0 Å². The van der Waals surface area contributed by atoms with Gasteiger partial charge >= 0.3 is 0 Å². The topological polar surface area (TPSA) is 61.4 Å². The molecule has 0 spiro atoms. The summed E-state index contributed by atoms with van der Waals surface area (Å²) in [5, 5.41) is 2.92. The second kappa shape index (κ2) is 6.17. The number of benzene rings is 1. The number of likely N-dealkylation sites (tertiary alicyclic amines) is 1. The Morgan fingerprint density at radius 2 is 2.20 bits per heavy atom. The molecule has 1 aromatic rings. The van der Waals surface area contributed by atoms with Gasteiger partial charge in [-0.25, -0.2) is 17.5 Å². The fraction of sp³-hybridized carbons (Fsp3) is 0.538. The molecule has 112 valence electrons. The third-order valence-electron chi connectivity index (χ3n) is 3.38. The number of sulfonamides is 1. The van der Waals surface area contributed by atoms with Crippen molar-refractivity contribution in [3.63, 3.8) is 0 Å². The normalized spacial score (nSPS) is 20.4. The van der Waals surface area contributed by atoms with E-state index in [9.17, 15) is 12.8 Å². The zero-order valence-corrected chi connectivity index (χ0v) is 12.5. The Hall–Kier alpha value is -1.02. The number of hydrogen-bond acceptors (Lipinski definition) is 4. The number of halogens is 1. The van der Waals surface area contributed by atoms with Crippen LogP contribution in [0.5, 0.6) is 0 Å². The molecule has 2 N–H and O–H groups in total. The van der Waals surface area contributed by atoms with Crippen LogP contribution < -0.4 is 10.0 Å². The number of nitrogens with one attached hydrogen (secondary N) is 2. The van der Waals surface area contributed by atoms with E-state index < -0.39 is 15.8 Å². The van der Waals surface area contributed by atoms with Gasteiger partial charge in [0.2, 0.25) is 10.0 Å². The molecule has 0 aromatic heterocycles. The van der Waals surface area contributed by atoms with Crippen LogP contribution in [0.4, 0.5) is 4.39 Å². The first kappa shape index (κ1) is 15.4. The standard InChI is InChI=1S/C13H20FN3O2S/c1-15-8-10-3-4-12(14)13(7-10)20(18,19)16-11-5-6-17(2)9-11/h3-4,7,11,15-16H,5-6,8-9H2,1-2H3. The van der Waals surface area contributed by atoms with Crippen molar-refractivity contribution >= 4 is 10.0 Å². The van der Waals surface area contributed by atoms with Crippen molar-refractivity contribution in [1.29, 1.82) is 0 Å². The molecule has 1 fully saturated rings. The molecule has 20 heavy (non-hydrogen) atoms. The summed E-state index contributed by atoms with van der Waals surface area (Å²) in [6.07, 6.45) is 0.744. The van der Waals surface area contributed by atoms with E-state index in [4.69, 9.17) is 0 Å². The lowest BCUT2D eigenvalue weighted by Gasteiger charge is -2.14. The second-order valence-electron chi connectivity index (χ2n) is 5.16. The third kappa shape index (κ3) is 3.54. The SMILES string of the molecule is CNCc1ccc(F)c(S(=O)(=O)NC2CCN(C)C2)c1. The maximum absolute atomic E-state index is 13.8. The fourth-order valence-corrected chi connectivity index (χ4v) is 3.77. The molecule has 0 aliphatic carbocycles. The average Bonchev–Trinajstić information content (AvgIpc) is 2.76. The molecule has 0 amide bonds. The number of rotatable bonds is 5. The lowest BCUT2D eigenvalue weighted by Crippen LogP contribution is -2.36. The van der Waals surface area contributed by atoms with Crippen molar-refractivity contribution in [2.24, 2.45) is 0 Å². The Morgan fingerprint density at radius 1 is 1.45 bits per heavy atom. The molecule has 1 unspecified atom stereocenters. The molecule has 1 aliphatic heterocycles. The van der Waals surface area contributed by atoms with Gasteiger partial charge in [-0.3, -0.25) is 0 Å². The van der Waals surface area contributed by atoms with Crippen LogP contribution in [-0.2, 0) is 16.6 Å². The van der Waals surface area contributed by atoms with Gasteiger partial charge in [0.1, 0.15) is 10.7 Å². The summed E-state index contributed by atoms with van der Waals surface area (Å²) in [5.74, 6) is -0.719. The van der Waals surface area contributed by atoms with Gasteiger partial charge in [0.05, 0.1) is 0 Å². The third-order valence-corrected chi connectivity index (χ3v) is 4.91. The summed E-state index contributed by atoms with van der Waals surface area (Å²) in [6.45, 7) is 1.99. The van der Waals surface area contributed by atoms with Crippen LogP contribution in [0.1, 0.15) is 12.0 Å². The highest BCUT2D eigenvalue weighted by Gasteiger charge is 2.27. The number of nitrogens with zero attached hydrogens (tertiary/aromatic N) is 1. The minimum absolute atomic E-state index is 0.155. The van der Waals surface area contributed by atoms with Crippen molar-refractivity contribution in [3.05, 3.63) is 29.6 Å². The molecular weight excluding hydrogens is 281 g/mol. The van der Waals surface area contributed by atoms with Crippen LogP contribution in [0.25, 0.3) is 0 Å².